The Morgan fingerprint density at radius 1 is 1.33 bits per heavy atom. The molecule has 1 aromatic carbocycles. The number of hydrogen-bond donors (Lipinski definition) is 2. The average Bonchev–Trinajstić information content (AvgIpc) is 2.63. The van der Waals surface area contributed by atoms with Crippen molar-refractivity contribution in [3.63, 3.8) is 0 Å². The quantitative estimate of drug-likeness (QED) is 0.822. The van der Waals surface area contributed by atoms with E-state index >= 15 is 0 Å². The van der Waals surface area contributed by atoms with E-state index in [1.54, 1.807) is 18.2 Å². The first-order valence-electron chi connectivity index (χ1n) is 5.18. The molecule has 0 saturated carbocycles. The molecule has 18 heavy (non-hydrogen) atoms. The molecule has 4 nitrogen and oxygen atoms in total. The van der Waals surface area contributed by atoms with Crippen LogP contribution in [0.4, 0.5) is 0 Å². The predicted molar refractivity (Wildman–Crippen MR) is 77.1 cm³/mol. The summed E-state index contributed by atoms with van der Waals surface area (Å²) < 4.78 is 23.7. The van der Waals surface area contributed by atoms with Gasteiger partial charge < -0.3 is 10.4 Å². The van der Waals surface area contributed by atoms with Gasteiger partial charge in [-0.3, -0.25) is 0 Å². The summed E-state index contributed by atoms with van der Waals surface area (Å²) in [5.74, 6) is 0.259. The van der Waals surface area contributed by atoms with Crippen LogP contribution in [0, 0.1) is 0 Å². The molecule has 1 atom stereocenters. The van der Waals surface area contributed by atoms with Crippen LogP contribution in [0.5, 0.6) is 5.75 Å². The molecule has 1 aromatic rings. The monoisotopic (exact) mass is 395 g/mol. The van der Waals surface area contributed by atoms with E-state index in [4.69, 9.17) is 0 Å². The lowest BCUT2D eigenvalue weighted by Crippen LogP contribution is -2.29. The zero-order valence-electron chi connectivity index (χ0n) is 9.23. The summed E-state index contributed by atoms with van der Waals surface area (Å²) in [4.78, 5) is 0. The number of benzene rings is 1. The highest BCUT2D eigenvalue weighted by molar-refractivity contribution is 9.11. The van der Waals surface area contributed by atoms with Gasteiger partial charge in [0.15, 0.2) is 9.84 Å². The Morgan fingerprint density at radius 2 is 1.94 bits per heavy atom. The number of sulfone groups is 1. The largest absolute Gasteiger partial charge is 0.506 e. The van der Waals surface area contributed by atoms with E-state index in [1.165, 1.54) is 5.41 Å². The van der Waals surface area contributed by atoms with E-state index < -0.39 is 9.84 Å². The van der Waals surface area contributed by atoms with Gasteiger partial charge in [0.2, 0.25) is 0 Å². The fourth-order valence-electron chi connectivity index (χ4n) is 1.67. The number of phenols is 1. The maximum Gasteiger partial charge on any atom is 0.173 e. The molecule has 2 rings (SSSR count). The Labute approximate surface area is 122 Å². The molecule has 0 fully saturated rings. The van der Waals surface area contributed by atoms with Gasteiger partial charge in [0, 0.05) is 18.0 Å². The van der Waals surface area contributed by atoms with Crippen molar-refractivity contribution in [3.8, 4) is 5.75 Å². The van der Waals surface area contributed by atoms with Crippen molar-refractivity contribution in [1.82, 2.24) is 5.32 Å². The van der Waals surface area contributed by atoms with Crippen LogP contribution in [0.15, 0.2) is 32.6 Å². The van der Waals surface area contributed by atoms with Crippen LogP contribution < -0.4 is 5.32 Å². The van der Waals surface area contributed by atoms with Gasteiger partial charge in [-0.05, 0) is 49.6 Å². The molecular formula is C11H11Br2NO3S. The minimum atomic E-state index is -3.02. The van der Waals surface area contributed by atoms with Crippen molar-refractivity contribution in [3.05, 3.63) is 38.1 Å². The second-order valence-corrected chi connectivity index (χ2v) is 7.69. The highest BCUT2D eigenvalue weighted by atomic mass is 79.9. The Hall–Kier alpha value is -0.370. The molecule has 7 heteroatoms. The van der Waals surface area contributed by atoms with E-state index in [-0.39, 0.29) is 17.5 Å². The number of aromatic hydroxyl groups is 1. The fraction of sp³-hybridized carbons (Fsp3) is 0.273. The molecule has 1 aliphatic heterocycles. The van der Waals surface area contributed by atoms with Crippen LogP contribution >= 0.6 is 31.9 Å². The van der Waals surface area contributed by atoms with Crippen LogP contribution in [0.3, 0.4) is 0 Å². The summed E-state index contributed by atoms with van der Waals surface area (Å²) >= 11 is 6.50. The molecule has 2 N–H and O–H groups in total. The number of hydrogen-bond acceptors (Lipinski definition) is 4. The average molecular weight is 397 g/mol. The minimum absolute atomic E-state index is 0.105. The highest BCUT2D eigenvalue weighted by Crippen LogP contribution is 2.33. The number of rotatable bonds is 3. The lowest BCUT2D eigenvalue weighted by atomic mass is 10.2. The molecule has 0 aliphatic carbocycles. The molecule has 0 bridgehead atoms. The molecule has 0 amide bonds. The minimum Gasteiger partial charge on any atom is -0.506 e. The number of nitrogens with one attached hydrogen (secondary N) is 1. The van der Waals surface area contributed by atoms with E-state index in [2.05, 4.69) is 37.2 Å². The third-order valence-corrected chi connectivity index (χ3v) is 5.18. The van der Waals surface area contributed by atoms with Crippen LogP contribution in [0.25, 0.3) is 0 Å². The van der Waals surface area contributed by atoms with Gasteiger partial charge in [-0.2, -0.15) is 0 Å². The van der Waals surface area contributed by atoms with Gasteiger partial charge in [-0.1, -0.05) is 6.08 Å². The van der Waals surface area contributed by atoms with Crippen LogP contribution in [-0.4, -0.2) is 25.3 Å². The Kier molecular flexibility index (Phi) is 4.15. The molecule has 98 valence electrons. The normalized spacial score (nSPS) is 21.3. The van der Waals surface area contributed by atoms with Gasteiger partial charge >= 0.3 is 0 Å². The predicted octanol–water partition coefficient (Wildman–Crippen LogP) is 2.32. The van der Waals surface area contributed by atoms with Crippen LogP contribution in [0.2, 0.25) is 0 Å². The smallest absolute Gasteiger partial charge is 0.173 e. The highest BCUT2D eigenvalue weighted by Gasteiger charge is 2.20. The molecule has 0 spiro atoms. The Balaban J connectivity index is 2.02. The summed E-state index contributed by atoms with van der Waals surface area (Å²) in [6.45, 7) is 0.530. The first-order chi connectivity index (χ1) is 8.37. The summed E-state index contributed by atoms with van der Waals surface area (Å²) in [5, 5.41) is 14.0. The molecule has 1 unspecified atom stereocenters. The summed E-state index contributed by atoms with van der Waals surface area (Å²) in [5.41, 5.74) is 0.948. The first kappa shape index (κ1) is 14.0. The molecule has 1 aliphatic rings. The molecular weight excluding hydrogens is 386 g/mol. The van der Waals surface area contributed by atoms with Crippen molar-refractivity contribution in [2.75, 3.05) is 5.75 Å². The van der Waals surface area contributed by atoms with Crippen LogP contribution in [0.1, 0.15) is 5.56 Å². The zero-order valence-corrected chi connectivity index (χ0v) is 13.2. The third kappa shape index (κ3) is 3.34. The maximum absolute atomic E-state index is 11.2. The van der Waals surface area contributed by atoms with Gasteiger partial charge in [-0.15, -0.1) is 0 Å². The summed E-state index contributed by atoms with van der Waals surface area (Å²) in [6, 6.07) is 3.43. The third-order valence-electron chi connectivity index (χ3n) is 2.58. The molecule has 0 saturated heterocycles. The van der Waals surface area contributed by atoms with Crippen molar-refractivity contribution >= 4 is 41.7 Å². The molecule has 1 heterocycles. The Morgan fingerprint density at radius 3 is 2.44 bits per heavy atom. The lowest BCUT2D eigenvalue weighted by molar-refractivity contribution is 0.468. The summed E-state index contributed by atoms with van der Waals surface area (Å²) in [6.07, 6.45) is 1.65. The first-order valence-corrected chi connectivity index (χ1v) is 8.49. The Bertz CT molecular complexity index is 575. The molecule has 0 radical (unpaired) electrons. The molecule has 0 aromatic heterocycles. The number of phenolic OH excluding ortho intramolecular Hbond substituents is 1. The second-order valence-electron chi connectivity index (χ2n) is 4.05. The van der Waals surface area contributed by atoms with Crippen molar-refractivity contribution in [1.29, 1.82) is 0 Å². The second kappa shape index (κ2) is 5.32. The van der Waals surface area contributed by atoms with Gasteiger partial charge in [0.05, 0.1) is 14.7 Å². The van der Waals surface area contributed by atoms with E-state index in [0.29, 0.717) is 15.5 Å². The summed E-state index contributed by atoms with van der Waals surface area (Å²) in [7, 11) is -3.02. The van der Waals surface area contributed by atoms with E-state index in [1.807, 2.05) is 0 Å². The van der Waals surface area contributed by atoms with Crippen molar-refractivity contribution in [2.45, 2.75) is 12.6 Å². The van der Waals surface area contributed by atoms with Gasteiger partial charge in [0.25, 0.3) is 0 Å². The van der Waals surface area contributed by atoms with Crippen LogP contribution in [-0.2, 0) is 16.4 Å². The van der Waals surface area contributed by atoms with E-state index in [9.17, 15) is 13.5 Å². The lowest BCUT2D eigenvalue weighted by Gasteiger charge is -2.11. The van der Waals surface area contributed by atoms with Crippen molar-refractivity contribution < 1.29 is 13.5 Å². The van der Waals surface area contributed by atoms with E-state index in [0.717, 1.165) is 5.56 Å². The SMILES string of the molecule is O=S1(=O)C=CC(NCc2cc(Br)c(O)c(Br)c2)C1. The van der Waals surface area contributed by atoms with Gasteiger partial charge in [-0.25, -0.2) is 8.42 Å². The standard InChI is InChI=1S/C11H11Br2NO3S/c12-9-3-7(4-10(13)11(9)15)5-14-8-1-2-18(16,17)6-8/h1-4,8,14-15H,5-6H2. The number of halogens is 2. The van der Waals surface area contributed by atoms with Gasteiger partial charge in [0.1, 0.15) is 5.75 Å². The zero-order chi connectivity index (χ0) is 13.3. The topological polar surface area (TPSA) is 66.4 Å². The fourth-order valence-corrected chi connectivity index (χ4v) is 4.22. The maximum atomic E-state index is 11.2. The van der Waals surface area contributed by atoms with Crippen molar-refractivity contribution in [2.24, 2.45) is 0 Å².